The number of ether oxygens (including phenoxy) is 2. The van der Waals surface area contributed by atoms with Gasteiger partial charge in [0.25, 0.3) is 0 Å². The largest absolute Gasteiger partial charge is 0.493 e. The number of anilines is 1. The maximum atomic E-state index is 5.25. The first kappa shape index (κ1) is 14.0. The van der Waals surface area contributed by atoms with Gasteiger partial charge in [0, 0.05) is 18.3 Å². The quantitative estimate of drug-likeness (QED) is 0.722. The number of rotatable bonds is 8. The van der Waals surface area contributed by atoms with Crippen LogP contribution < -0.4 is 14.8 Å². The molecule has 0 fully saturated rings. The van der Waals surface area contributed by atoms with Gasteiger partial charge in [0.05, 0.1) is 14.2 Å². The molecule has 0 aliphatic rings. The van der Waals surface area contributed by atoms with Crippen molar-refractivity contribution in [3.05, 3.63) is 18.2 Å². The van der Waals surface area contributed by atoms with Crippen molar-refractivity contribution in [2.24, 2.45) is 0 Å². The highest BCUT2D eigenvalue weighted by molar-refractivity contribution is 7.99. The van der Waals surface area contributed by atoms with Crippen LogP contribution in [0.3, 0.4) is 0 Å². The zero-order valence-electron chi connectivity index (χ0n) is 10.8. The molecule has 1 rings (SSSR count). The van der Waals surface area contributed by atoms with Gasteiger partial charge in [0.1, 0.15) is 0 Å². The summed E-state index contributed by atoms with van der Waals surface area (Å²) in [7, 11) is 3.30. The van der Waals surface area contributed by atoms with Gasteiger partial charge in [-0.15, -0.1) is 0 Å². The Morgan fingerprint density at radius 2 is 1.94 bits per heavy atom. The molecule has 0 unspecified atom stereocenters. The highest BCUT2D eigenvalue weighted by atomic mass is 32.2. The lowest BCUT2D eigenvalue weighted by Gasteiger charge is -2.11. The molecule has 0 aliphatic heterocycles. The van der Waals surface area contributed by atoms with Gasteiger partial charge >= 0.3 is 0 Å². The maximum absolute atomic E-state index is 5.25. The Bertz CT molecular complexity index is 331. The topological polar surface area (TPSA) is 30.5 Å². The minimum absolute atomic E-state index is 0.764. The minimum atomic E-state index is 0.764. The second kappa shape index (κ2) is 8.12. The van der Waals surface area contributed by atoms with Crippen molar-refractivity contribution >= 4 is 17.4 Å². The van der Waals surface area contributed by atoms with E-state index in [0.29, 0.717) is 0 Å². The number of benzene rings is 1. The van der Waals surface area contributed by atoms with E-state index in [-0.39, 0.29) is 0 Å². The van der Waals surface area contributed by atoms with E-state index in [0.717, 1.165) is 23.7 Å². The lowest BCUT2D eigenvalue weighted by molar-refractivity contribution is 0.355. The van der Waals surface area contributed by atoms with Gasteiger partial charge in [0.15, 0.2) is 11.5 Å². The molecule has 0 bridgehead atoms. The zero-order chi connectivity index (χ0) is 12.5. The summed E-state index contributed by atoms with van der Waals surface area (Å²) in [6.07, 6.45) is 1.17. The second-order valence-corrected chi connectivity index (χ2v) is 4.94. The highest BCUT2D eigenvalue weighted by Crippen LogP contribution is 2.29. The standard InChI is InChI=1S/C13H21NO2S/c1-4-17-9-5-8-14-11-6-7-12(15-2)13(10-11)16-3/h6-7,10,14H,4-5,8-9H2,1-3H3. The molecule has 17 heavy (non-hydrogen) atoms. The van der Waals surface area contributed by atoms with Crippen LogP contribution in [0.2, 0.25) is 0 Å². The van der Waals surface area contributed by atoms with Crippen molar-refractivity contribution in [3.63, 3.8) is 0 Å². The summed E-state index contributed by atoms with van der Waals surface area (Å²) < 4.78 is 10.4. The Hall–Kier alpha value is -1.03. The van der Waals surface area contributed by atoms with E-state index in [2.05, 4.69) is 12.2 Å². The molecule has 4 heteroatoms. The SMILES string of the molecule is CCSCCCNc1ccc(OC)c(OC)c1. The Morgan fingerprint density at radius 3 is 2.59 bits per heavy atom. The lowest BCUT2D eigenvalue weighted by atomic mass is 10.2. The highest BCUT2D eigenvalue weighted by Gasteiger charge is 2.03. The van der Waals surface area contributed by atoms with Gasteiger partial charge in [-0.05, 0) is 30.1 Å². The molecule has 0 spiro atoms. The van der Waals surface area contributed by atoms with Crippen molar-refractivity contribution in [2.75, 3.05) is 37.6 Å². The predicted molar refractivity (Wildman–Crippen MR) is 75.7 cm³/mol. The second-order valence-electron chi connectivity index (χ2n) is 3.55. The van der Waals surface area contributed by atoms with E-state index >= 15 is 0 Å². The van der Waals surface area contributed by atoms with Crippen LogP contribution in [0.1, 0.15) is 13.3 Å². The fourth-order valence-corrected chi connectivity index (χ4v) is 2.13. The molecule has 3 nitrogen and oxygen atoms in total. The zero-order valence-corrected chi connectivity index (χ0v) is 11.6. The van der Waals surface area contributed by atoms with E-state index in [4.69, 9.17) is 9.47 Å². The average molecular weight is 255 g/mol. The smallest absolute Gasteiger partial charge is 0.162 e. The lowest BCUT2D eigenvalue weighted by Crippen LogP contribution is -2.03. The summed E-state index contributed by atoms with van der Waals surface area (Å²) in [5, 5.41) is 3.38. The van der Waals surface area contributed by atoms with Crippen molar-refractivity contribution in [1.29, 1.82) is 0 Å². The molecule has 0 radical (unpaired) electrons. The molecular formula is C13H21NO2S. The normalized spacial score (nSPS) is 10.1. The van der Waals surface area contributed by atoms with Gasteiger partial charge in [0.2, 0.25) is 0 Å². The molecule has 0 aliphatic carbocycles. The van der Waals surface area contributed by atoms with E-state index < -0.39 is 0 Å². The molecule has 0 saturated carbocycles. The molecule has 1 aromatic carbocycles. The van der Waals surface area contributed by atoms with E-state index in [1.807, 2.05) is 30.0 Å². The summed E-state index contributed by atoms with van der Waals surface area (Å²) in [6.45, 7) is 3.18. The first-order valence-electron chi connectivity index (χ1n) is 5.85. The summed E-state index contributed by atoms with van der Waals surface area (Å²) in [5.74, 6) is 3.92. The maximum Gasteiger partial charge on any atom is 0.162 e. The molecular weight excluding hydrogens is 234 g/mol. The number of thioether (sulfide) groups is 1. The first-order valence-corrected chi connectivity index (χ1v) is 7.01. The van der Waals surface area contributed by atoms with Gasteiger partial charge in [-0.2, -0.15) is 11.8 Å². The van der Waals surface area contributed by atoms with Crippen molar-refractivity contribution in [3.8, 4) is 11.5 Å². The third-order valence-electron chi connectivity index (χ3n) is 2.38. The van der Waals surface area contributed by atoms with Crippen LogP contribution in [0, 0.1) is 0 Å². The van der Waals surface area contributed by atoms with Crippen molar-refractivity contribution in [2.45, 2.75) is 13.3 Å². The van der Waals surface area contributed by atoms with Crippen LogP contribution in [-0.2, 0) is 0 Å². The predicted octanol–water partition coefficient (Wildman–Crippen LogP) is 3.26. The number of hydrogen-bond acceptors (Lipinski definition) is 4. The molecule has 1 N–H and O–H groups in total. The minimum Gasteiger partial charge on any atom is -0.493 e. The molecule has 96 valence electrons. The molecule has 0 aromatic heterocycles. The Kier molecular flexibility index (Phi) is 6.70. The van der Waals surface area contributed by atoms with Gasteiger partial charge in [-0.25, -0.2) is 0 Å². The van der Waals surface area contributed by atoms with Crippen LogP contribution in [0.4, 0.5) is 5.69 Å². The monoisotopic (exact) mass is 255 g/mol. The van der Waals surface area contributed by atoms with Crippen LogP contribution in [0.15, 0.2) is 18.2 Å². The Morgan fingerprint density at radius 1 is 1.18 bits per heavy atom. The number of methoxy groups -OCH3 is 2. The summed E-state index contributed by atoms with van der Waals surface area (Å²) >= 11 is 1.97. The van der Waals surface area contributed by atoms with Crippen molar-refractivity contribution in [1.82, 2.24) is 0 Å². The summed E-state index contributed by atoms with van der Waals surface area (Å²) in [4.78, 5) is 0. The average Bonchev–Trinajstić information content (AvgIpc) is 2.38. The third kappa shape index (κ3) is 4.77. The number of nitrogens with one attached hydrogen (secondary N) is 1. The summed E-state index contributed by atoms with van der Waals surface area (Å²) in [5.41, 5.74) is 1.07. The molecule has 0 amide bonds. The Labute approximate surface area is 108 Å². The summed E-state index contributed by atoms with van der Waals surface area (Å²) in [6, 6.07) is 5.89. The molecule has 0 heterocycles. The van der Waals surface area contributed by atoms with Crippen LogP contribution in [0.5, 0.6) is 11.5 Å². The fourth-order valence-electron chi connectivity index (χ4n) is 1.50. The van der Waals surface area contributed by atoms with Gasteiger partial charge in [-0.1, -0.05) is 6.92 Å². The first-order chi connectivity index (χ1) is 8.31. The number of hydrogen-bond donors (Lipinski definition) is 1. The molecule has 0 saturated heterocycles. The van der Waals surface area contributed by atoms with Crippen LogP contribution in [-0.4, -0.2) is 32.3 Å². The third-order valence-corrected chi connectivity index (χ3v) is 3.37. The van der Waals surface area contributed by atoms with E-state index in [1.165, 1.54) is 17.9 Å². The van der Waals surface area contributed by atoms with Gasteiger partial charge < -0.3 is 14.8 Å². The van der Waals surface area contributed by atoms with E-state index in [9.17, 15) is 0 Å². The molecule has 1 aromatic rings. The van der Waals surface area contributed by atoms with Crippen LogP contribution in [0.25, 0.3) is 0 Å². The van der Waals surface area contributed by atoms with Crippen LogP contribution >= 0.6 is 11.8 Å². The Balaban J connectivity index is 2.43. The molecule has 0 atom stereocenters. The van der Waals surface area contributed by atoms with Crippen molar-refractivity contribution < 1.29 is 9.47 Å². The van der Waals surface area contributed by atoms with Gasteiger partial charge in [-0.3, -0.25) is 0 Å². The van der Waals surface area contributed by atoms with E-state index in [1.54, 1.807) is 14.2 Å². The fraction of sp³-hybridized carbons (Fsp3) is 0.538.